The number of allylic oxidation sites excluding steroid dienone is 3. The van der Waals surface area contributed by atoms with Crippen LogP contribution in [0, 0.1) is 12.8 Å². The molecule has 1 aliphatic carbocycles. The molecule has 0 aromatic heterocycles. The van der Waals surface area contributed by atoms with Gasteiger partial charge in [-0.25, -0.2) is 0 Å². The van der Waals surface area contributed by atoms with Gasteiger partial charge in [-0.15, -0.1) is 0 Å². The van der Waals surface area contributed by atoms with E-state index in [2.05, 4.69) is 0 Å². The fraction of sp³-hybridized carbons (Fsp3) is 0.222. The molecule has 1 aromatic carbocycles. The van der Waals surface area contributed by atoms with E-state index in [9.17, 15) is 24.3 Å². The monoisotopic (exact) mass is 343 g/mol. The molecule has 0 spiro atoms. The van der Waals surface area contributed by atoms with Gasteiger partial charge >= 0.3 is 5.97 Å². The number of carbonyl (C=O) groups is 4. The molecular weight excluding hydrogens is 326 g/mol. The number of benzene rings is 1. The van der Waals surface area contributed by atoms with E-state index in [0.29, 0.717) is 0 Å². The molecule has 1 aromatic rings. The molecule has 0 aliphatic heterocycles. The summed E-state index contributed by atoms with van der Waals surface area (Å²) in [6.45, 7) is 4.26. The van der Waals surface area contributed by atoms with Crippen LogP contribution in [0.4, 0.5) is 0 Å². The Hall–Kier alpha value is -3.22. The third-order valence-electron chi connectivity index (χ3n) is 4.01. The van der Waals surface area contributed by atoms with E-state index in [1.165, 1.54) is 32.9 Å². The van der Waals surface area contributed by atoms with Gasteiger partial charge in [0.05, 0.1) is 17.2 Å². The topological polar surface area (TPSA) is 135 Å². The molecule has 1 atom stereocenters. The summed E-state index contributed by atoms with van der Waals surface area (Å²) in [6.07, 6.45) is 2.13. The van der Waals surface area contributed by atoms with Crippen molar-refractivity contribution in [1.82, 2.24) is 0 Å². The van der Waals surface area contributed by atoms with Crippen molar-refractivity contribution >= 4 is 23.3 Å². The van der Waals surface area contributed by atoms with Crippen molar-refractivity contribution in [2.24, 2.45) is 11.7 Å². The highest BCUT2D eigenvalue weighted by atomic mass is 16.4. The molecule has 25 heavy (non-hydrogen) atoms. The van der Waals surface area contributed by atoms with Gasteiger partial charge in [0.15, 0.2) is 11.6 Å². The first kappa shape index (κ1) is 18.1. The van der Waals surface area contributed by atoms with Crippen molar-refractivity contribution in [3.05, 3.63) is 51.7 Å². The zero-order chi connectivity index (χ0) is 19.0. The summed E-state index contributed by atoms with van der Waals surface area (Å²) < 4.78 is 0. The highest BCUT2D eigenvalue weighted by Crippen LogP contribution is 2.34. The molecule has 0 amide bonds. The van der Waals surface area contributed by atoms with Gasteiger partial charge in [0.25, 0.3) is 0 Å². The molecule has 1 aliphatic rings. The highest BCUT2D eigenvalue weighted by molar-refractivity contribution is 6.29. The lowest BCUT2D eigenvalue weighted by Crippen LogP contribution is -2.25. The summed E-state index contributed by atoms with van der Waals surface area (Å²) in [6, 6.07) is 1.31. The van der Waals surface area contributed by atoms with Crippen molar-refractivity contribution in [1.29, 1.82) is 0 Å². The van der Waals surface area contributed by atoms with E-state index in [4.69, 9.17) is 10.8 Å². The Labute approximate surface area is 143 Å². The van der Waals surface area contributed by atoms with E-state index in [1.807, 2.05) is 0 Å². The number of nitrogens with two attached hydrogens (primary N) is 1. The Kier molecular flexibility index (Phi) is 4.60. The standard InChI is InChI=1S/C18H17NO6/c1-7(4-9(3)18(24)25)15(21)14-13-10(5-8(2)16(14)22)17(23)11(19)6-12(13)20/h4-6,9,22H,19H2,1-3H3,(H,24,25)/t9-/m0/s1. The van der Waals surface area contributed by atoms with Crippen LogP contribution in [0.5, 0.6) is 5.75 Å². The first-order valence-electron chi connectivity index (χ1n) is 7.45. The average Bonchev–Trinajstić information content (AvgIpc) is 2.53. The molecule has 0 heterocycles. The predicted octanol–water partition coefficient (Wildman–Crippen LogP) is 1.77. The number of hydrogen-bond acceptors (Lipinski definition) is 6. The Morgan fingerprint density at radius 3 is 2.44 bits per heavy atom. The summed E-state index contributed by atoms with van der Waals surface area (Å²) in [7, 11) is 0. The zero-order valence-corrected chi connectivity index (χ0v) is 13.9. The van der Waals surface area contributed by atoms with Crippen LogP contribution in [0.3, 0.4) is 0 Å². The number of fused-ring (bicyclic) bond motifs is 1. The Balaban J connectivity index is 2.70. The summed E-state index contributed by atoms with van der Waals surface area (Å²) in [5.74, 6) is -4.46. The molecular formula is C18H17NO6. The maximum Gasteiger partial charge on any atom is 0.310 e. The van der Waals surface area contributed by atoms with Crippen LogP contribution in [-0.4, -0.2) is 33.5 Å². The number of phenols is 1. The second-order valence-electron chi connectivity index (χ2n) is 5.94. The maximum absolute atomic E-state index is 12.7. The molecule has 0 fully saturated rings. The fourth-order valence-corrected chi connectivity index (χ4v) is 2.62. The molecule has 130 valence electrons. The first-order chi connectivity index (χ1) is 11.6. The number of phenolic OH excluding ortho intramolecular Hbond substituents is 1. The number of aromatic hydroxyl groups is 1. The third kappa shape index (κ3) is 3.08. The van der Waals surface area contributed by atoms with Crippen LogP contribution in [0.2, 0.25) is 0 Å². The van der Waals surface area contributed by atoms with Crippen LogP contribution in [0.1, 0.15) is 50.5 Å². The van der Waals surface area contributed by atoms with E-state index in [1.54, 1.807) is 0 Å². The highest BCUT2D eigenvalue weighted by Gasteiger charge is 2.32. The van der Waals surface area contributed by atoms with E-state index in [-0.39, 0.29) is 33.5 Å². The van der Waals surface area contributed by atoms with Gasteiger partial charge in [0.1, 0.15) is 5.75 Å². The van der Waals surface area contributed by atoms with Crippen molar-refractivity contribution in [2.45, 2.75) is 20.8 Å². The molecule has 4 N–H and O–H groups in total. The number of carboxylic acids is 1. The number of aryl methyl sites for hydroxylation is 1. The molecule has 0 bridgehead atoms. The quantitative estimate of drug-likeness (QED) is 0.560. The third-order valence-corrected chi connectivity index (χ3v) is 4.01. The van der Waals surface area contributed by atoms with Crippen molar-refractivity contribution in [2.75, 3.05) is 0 Å². The van der Waals surface area contributed by atoms with E-state index < -0.39 is 35.0 Å². The minimum atomic E-state index is -1.12. The van der Waals surface area contributed by atoms with Gasteiger partial charge in [0.2, 0.25) is 5.78 Å². The second kappa shape index (κ2) is 6.35. The second-order valence-corrected chi connectivity index (χ2v) is 5.94. The number of ketones is 3. The molecule has 7 heteroatoms. The number of hydrogen-bond donors (Lipinski definition) is 3. The number of Topliss-reactive ketones (excluding diaryl/α,β-unsaturated/α-hetero) is 2. The van der Waals surface area contributed by atoms with Gasteiger partial charge in [-0.05, 0) is 38.0 Å². The van der Waals surface area contributed by atoms with Gasteiger partial charge in [0, 0.05) is 17.2 Å². The average molecular weight is 343 g/mol. The number of rotatable bonds is 4. The molecule has 0 radical (unpaired) electrons. The summed E-state index contributed by atoms with van der Waals surface area (Å²) in [5, 5.41) is 19.3. The van der Waals surface area contributed by atoms with Crippen LogP contribution in [-0.2, 0) is 4.79 Å². The summed E-state index contributed by atoms with van der Waals surface area (Å²) in [4.78, 5) is 48.2. The van der Waals surface area contributed by atoms with Gasteiger partial charge < -0.3 is 15.9 Å². The first-order valence-corrected chi connectivity index (χ1v) is 7.45. The molecule has 0 saturated carbocycles. The van der Waals surface area contributed by atoms with Gasteiger partial charge in [-0.2, -0.15) is 0 Å². The molecule has 7 nitrogen and oxygen atoms in total. The van der Waals surface area contributed by atoms with E-state index in [0.717, 1.165) is 6.08 Å². The summed E-state index contributed by atoms with van der Waals surface area (Å²) in [5.41, 5.74) is 4.97. The number of carboxylic acid groups (broad SMARTS) is 1. The van der Waals surface area contributed by atoms with E-state index >= 15 is 0 Å². The van der Waals surface area contributed by atoms with Crippen LogP contribution in [0.15, 0.2) is 29.5 Å². The lowest BCUT2D eigenvalue weighted by atomic mass is 9.84. The molecule has 2 rings (SSSR count). The van der Waals surface area contributed by atoms with Crippen LogP contribution >= 0.6 is 0 Å². The minimum Gasteiger partial charge on any atom is -0.507 e. The SMILES string of the molecule is CC(=C[C@H](C)C(=O)O)C(=O)c1c(O)c(C)cc2c1C(=O)C=C(N)C2=O. The molecule has 0 saturated heterocycles. The normalized spacial score (nSPS) is 15.5. The lowest BCUT2D eigenvalue weighted by Gasteiger charge is -2.19. The lowest BCUT2D eigenvalue weighted by molar-refractivity contribution is -0.139. The van der Waals surface area contributed by atoms with Crippen molar-refractivity contribution < 1.29 is 29.4 Å². The Morgan fingerprint density at radius 2 is 1.88 bits per heavy atom. The number of aliphatic carboxylic acids is 1. The molecule has 0 unspecified atom stereocenters. The largest absolute Gasteiger partial charge is 0.507 e. The van der Waals surface area contributed by atoms with Crippen LogP contribution < -0.4 is 5.73 Å². The zero-order valence-electron chi connectivity index (χ0n) is 13.9. The smallest absolute Gasteiger partial charge is 0.310 e. The van der Waals surface area contributed by atoms with Crippen molar-refractivity contribution in [3.63, 3.8) is 0 Å². The van der Waals surface area contributed by atoms with Crippen LogP contribution in [0.25, 0.3) is 0 Å². The van der Waals surface area contributed by atoms with Crippen molar-refractivity contribution in [3.8, 4) is 5.75 Å². The predicted molar refractivity (Wildman–Crippen MR) is 88.7 cm³/mol. The minimum absolute atomic E-state index is 0.0424. The maximum atomic E-state index is 12.7. The summed E-state index contributed by atoms with van der Waals surface area (Å²) >= 11 is 0. The Morgan fingerprint density at radius 1 is 1.28 bits per heavy atom. The fourth-order valence-electron chi connectivity index (χ4n) is 2.62. The number of carbonyl (C=O) groups excluding carboxylic acids is 3. The van der Waals surface area contributed by atoms with Gasteiger partial charge in [-0.3, -0.25) is 19.2 Å². The van der Waals surface area contributed by atoms with Gasteiger partial charge in [-0.1, -0.05) is 6.08 Å². The Bertz CT molecular complexity index is 891.